The second kappa shape index (κ2) is 7.50. The van der Waals surface area contributed by atoms with E-state index >= 15 is 0 Å². The first-order valence-corrected chi connectivity index (χ1v) is 7.89. The van der Waals surface area contributed by atoms with Gasteiger partial charge in [-0.3, -0.25) is 10.1 Å². The molecule has 3 unspecified atom stereocenters. The minimum atomic E-state index is -1.32. The molecule has 0 aliphatic carbocycles. The summed E-state index contributed by atoms with van der Waals surface area (Å²) >= 11 is 0. The molecule has 0 saturated heterocycles. The van der Waals surface area contributed by atoms with Crippen molar-refractivity contribution in [2.45, 2.75) is 24.9 Å². The van der Waals surface area contributed by atoms with E-state index in [1.165, 1.54) is 7.11 Å². The average molecular weight is 345 g/mol. The summed E-state index contributed by atoms with van der Waals surface area (Å²) in [4.78, 5) is 10.7. The lowest BCUT2D eigenvalue weighted by atomic mass is 9.89. The number of aliphatic hydroxyl groups excluding tert-OH is 1. The van der Waals surface area contributed by atoms with Gasteiger partial charge >= 0.3 is 0 Å². The van der Waals surface area contributed by atoms with Crippen molar-refractivity contribution in [3.05, 3.63) is 69.8 Å². The number of ether oxygens (including phenoxy) is 3. The molecule has 25 heavy (non-hydrogen) atoms. The Morgan fingerprint density at radius 3 is 2.64 bits per heavy atom. The van der Waals surface area contributed by atoms with Crippen LogP contribution in [0.5, 0.6) is 11.5 Å². The highest BCUT2D eigenvalue weighted by molar-refractivity contribution is 5.50. The summed E-state index contributed by atoms with van der Waals surface area (Å²) in [5.74, 6) is 0.0999. The number of hydrogen-bond donors (Lipinski definition) is 1. The van der Waals surface area contributed by atoms with Crippen molar-refractivity contribution >= 4 is 0 Å². The number of hydrogen-bond acceptors (Lipinski definition) is 6. The van der Waals surface area contributed by atoms with E-state index in [2.05, 4.69) is 0 Å². The molecule has 0 fully saturated rings. The van der Waals surface area contributed by atoms with E-state index in [1.807, 2.05) is 30.3 Å². The number of fused-ring (bicyclic) bond motifs is 1. The molecular formula is C18H19NO6. The van der Waals surface area contributed by atoms with Gasteiger partial charge < -0.3 is 19.3 Å². The van der Waals surface area contributed by atoms with Crippen molar-refractivity contribution < 1.29 is 24.2 Å². The number of benzene rings is 2. The van der Waals surface area contributed by atoms with Crippen LogP contribution in [0.1, 0.15) is 17.0 Å². The Balaban J connectivity index is 1.89. The van der Waals surface area contributed by atoms with Crippen LogP contribution in [0.4, 0.5) is 0 Å². The standard InChI is InChI=1S/C18H19NO6/c1-23-15-9-5-8-13-14(10-19(21)22)17(18(20)25-16(13)15)24-11-12-6-3-2-4-7-12/h2-9,14,17-18,20H,10-11H2,1H3. The van der Waals surface area contributed by atoms with Gasteiger partial charge in [0.1, 0.15) is 6.10 Å². The summed E-state index contributed by atoms with van der Waals surface area (Å²) in [6.07, 6.45) is -2.18. The first-order valence-electron chi connectivity index (χ1n) is 7.89. The molecular weight excluding hydrogens is 326 g/mol. The van der Waals surface area contributed by atoms with Crippen LogP contribution in [0.25, 0.3) is 0 Å². The predicted octanol–water partition coefficient (Wildman–Crippen LogP) is 2.35. The largest absolute Gasteiger partial charge is 0.493 e. The highest BCUT2D eigenvalue weighted by Crippen LogP contribution is 2.43. The molecule has 7 nitrogen and oxygen atoms in total. The average Bonchev–Trinajstić information content (AvgIpc) is 2.61. The van der Waals surface area contributed by atoms with Gasteiger partial charge in [-0.25, -0.2) is 0 Å². The Hall–Kier alpha value is -2.64. The van der Waals surface area contributed by atoms with E-state index in [9.17, 15) is 15.2 Å². The van der Waals surface area contributed by atoms with E-state index in [1.54, 1.807) is 18.2 Å². The highest BCUT2D eigenvalue weighted by Gasteiger charge is 2.42. The molecule has 2 aromatic rings. The molecule has 7 heteroatoms. The van der Waals surface area contributed by atoms with E-state index in [0.717, 1.165) is 5.56 Å². The minimum Gasteiger partial charge on any atom is -0.493 e. The third-order valence-corrected chi connectivity index (χ3v) is 4.18. The Morgan fingerprint density at radius 1 is 1.20 bits per heavy atom. The summed E-state index contributed by atoms with van der Waals surface area (Å²) in [6, 6.07) is 14.6. The molecule has 0 radical (unpaired) electrons. The summed E-state index contributed by atoms with van der Waals surface area (Å²) in [6.45, 7) is -0.153. The molecule has 0 amide bonds. The maximum absolute atomic E-state index is 11.2. The molecule has 3 rings (SSSR count). The van der Waals surface area contributed by atoms with Crippen molar-refractivity contribution in [2.75, 3.05) is 13.7 Å². The Kier molecular flexibility index (Phi) is 5.16. The monoisotopic (exact) mass is 345 g/mol. The number of methoxy groups -OCH3 is 1. The quantitative estimate of drug-likeness (QED) is 0.638. The molecule has 1 aliphatic heterocycles. The zero-order valence-electron chi connectivity index (χ0n) is 13.7. The van der Waals surface area contributed by atoms with Gasteiger partial charge in [0.05, 0.1) is 19.6 Å². The van der Waals surface area contributed by atoms with E-state index in [0.29, 0.717) is 17.1 Å². The summed E-state index contributed by atoms with van der Waals surface area (Å²) in [7, 11) is 1.48. The van der Waals surface area contributed by atoms with Crippen LogP contribution in [-0.4, -0.2) is 36.1 Å². The summed E-state index contributed by atoms with van der Waals surface area (Å²) in [5, 5.41) is 21.5. The first-order chi connectivity index (χ1) is 12.1. The maximum atomic E-state index is 11.2. The highest BCUT2D eigenvalue weighted by atomic mass is 16.6. The van der Waals surface area contributed by atoms with Gasteiger partial charge in [0.2, 0.25) is 12.8 Å². The fourth-order valence-corrected chi connectivity index (χ4v) is 3.00. The van der Waals surface area contributed by atoms with Gasteiger partial charge in [0, 0.05) is 10.5 Å². The van der Waals surface area contributed by atoms with Gasteiger partial charge in [-0.05, 0) is 11.6 Å². The van der Waals surface area contributed by atoms with Crippen LogP contribution >= 0.6 is 0 Å². The lowest BCUT2D eigenvalue weighted by Crippen LogP contribution is -2.44. The van der Waals surface area contributed by atoms with Crippen LogP contribution in [-0.2, 0) is 11.3 Å². The zero-order chi connectivity index (χ0) is 17.8. The fourth-order valence-electron chi connectivity index (χ4n) is 3.00. The Labute approximate surface area is 144 Å². The summed E-state index contributed by atoms with van der Waals surface area (Å²) < 4.78 is 16.6. The van der Waals surface area contributed by atoms with Crippen molar-refractivity contribution in [3.63, 3.8) is 0 Å². The lowest BCUT2D eigenvalue weighted by Gasteiger charge is -2.35. The van der Waals surface area contributed by atoms with E-state index in [4.69, 9.17) is 14.2 Å². The van der Waals surface area contributed by atoms with E-state index < -0.39 is 23.2 Å². The van der Waals surface area contributed by atoms with Gasteiger partial charge in [0.15, 0.2) is 11.5 Å². The van der Waals surface area contributed by atoms with Crippen molar-refractivity contribution in [3.8, 4) is 11.5 Å². The molecule has 1 N–H and O–H groups in total. The van der Waals surface area contributed by atoms with Gasteiger partial charge in [-0.1, -0.05) is 42.5 Å². The fraction of sp³-hybridized carbons (Fsp3) is 0.333. The topological polar surface area (TPSA) is 91.1 Å². The third-order valence-electron chi connectivity index (χ3n) is 4.18. The molecule has 132 valence electrons. The van der Waals surface area contributed by atoms with Crippen LogP contribution in [0.2, 0.25) is 0 Å². The molecule has 0 bridgehead atoms. The second-order valence-electron chi connectivity index (χ2n) is 5.77. The molecule has 1 aliphatic rings. The van der Waals surface area contributed by atoms with Crippen LogP contribution in [0.3, 0.4) is 0 Å². The number of rotatable bonds is 6. The summed E-state index contributed by atoms with van der Waals surface area (Å²) in [5.41, 5.74) is 1.51. The van der Waals surface area contributed by atoms with E-state index in [-0.39, 0.29) is 13.2 Å². The zero-order valence-corrected chi connectivity index (χ0v) is 13.7. The molecule has 2 aromatic carbocycles. The second-order valence-corrected chi connectivity index (χ2v) is 5.77. The van der Waals surface area contributed by atoms with Crippen LogP contribution in [0.15, 0.2) is 48.5 Å². The smallest absolute Gasteiger partial charge is 0.225 e. The molecule has 0 saturated carbocycles. The lowest BCUT2D eigenvalue weighted by molar-refractivity contribution is -0.487. The number of para-hydroxylation sites is 1. The first kappa shape index (κ1) is 17.2. The normalized spacial score (nSPS) is 21.9. The van der Waals surface area contributed by atoms with Gasteiger partial charge in [-0.15, -0.1) is 0 Å². The number of nitrogens with zero attached hydrogens (tertiary/aromatic N) is 1. The molecule has 0 spiro atoms. The van der Waals surface area contributed by atoms with Crippen LogP contribution < -0.4 is 9.47 Å². The SMILES string of the molecule is COc1cccc2c1OC(O)C(OCc1ccccc1)C2C[N+](=O)[O-]. The Morgan fingerprint density at radius 2 is 1.96 bits per heavy atom. The molecule has 0 aromatic heterocycles. The maximum Gasteiger partial charge on any atom is 0.225 e. The van der Waals surface area contributed by atoms with Crippen molar-refractivity contribution in [1.82, 2.24) is 0 Å². The van der Waals surface area contributed by atoms with Crippen molar-refractivity contribution in [1.29, 1.82) is 0 Å². The van der Waals surface area contributed by atoms with Crippen LogP contribution in [0, 0.1) is 10.1 Å². The predicted molar refractivity (Wildman–Crippen MR) is 89.3 cm³/mol. The number of aliphatic hydroxyl groups is 1. The number of nitro groups is 1. The molecule has 1 heterocycles. The van der Waals surface area contributed by atoms with Gasteiger partial charge in [-0.2, -0.15) is 0 Å². The van der Waals surface area contributed by atoms with Crippen molar-refractivity contribution in [2.24, 2.45) is 0 Å². The Bertz CT molecular complexity index is 736. The van der Waals surface area contributed by atoms with Gasteiger partial charge in [0.25, 0.3) is 0 Å². The molecule has 3 atom stereocenters. The minimum absolute atomic E-state index is 0.222. The third kappa shape index (κ3) is 3.72.